The summed E-state index contributed by atoms with van der Waals surface area (Å²) in [5.74, 6) is 0.466. The Bertz CT molecular complexity index is 556. The number of benzene rings is 1. The van der Waals surface area contributed by atoms with Crippen molar-refractivity contribution in [2.45, 2.75) is 0 Å². The van der Waals surface area contributed by atoms with Gasteiger partial charge in [0.05, 0.1) is 10.3 Å². The average molecular weight is 234 g/mol. The fourth-order valence-electron chi connectivity index (χ4n) is 1.53. The summed E-state index contributed by atoms with van der Waals surface area (Å²) in [6.45, 7) is 0.0729. The lowest BCUT2D eigenvalue weighted by Crippen LogP contribution is -2.00. The summed E-state index contributed by atoms with van der Waals surface area (Å²) >= 11 is 0. The van der Waals surface area contributed by atoms with Crippen LogP contribution in [0.25, 0.3) is 10.9 Å². The molecule has 0 saturated carbocycles. The average Bonchev–Trinajstić information content (AvgIpc) is 2.35. The Hall–Kier alpha value is -2.21. The molecule has 0 aliphatic rings. The van der Waals surface area contributed by atoms with E-state index in [9.17, 15) is 10.1 Å². The summed E-state index contributed by atoms with van der Waals surface area (Å²) in [5, 5.41) is 11.3. The Balaban J connectivity index is 2.58. The van der Waals surface area contributed by atoms with Crippen LogP contribution in [0.15, 0.2) is 30.5 Å². The second kappa shape index (κ2) is 4.75. The van der Waals surface area contributed by atoms with E-state index in [0.29, 0.717) is 16.7 Å². The maximum atomic E-state index is 10.9. The monoisotopic (exact) mass is 234 g/mol. The molecule has 0 aliphatic carbocycles. The number of pyridine rings is 1. The molecule has 0 spiro atoms. The highest BCUT2D eigenvalue weighted by molar-refractivity contribution is 5.92. The number of ether oxygens (including phenoxy) is 2. The van der Waals surface area contributed by atoms with Crippen LogP contribution >= 0.6 is 0 Å². The van der Waals surface area contributed by atoms with E-state index in [1.54, 1.807) is 18.3 Å². The smallest absolute Gasteiger partial charge is 0.279 e. The maximum absolute atomic E-state index is 10.9. The molecule has 1 aromatic carbocycles. The van der Waals surface area contributed by atoms with Crippen molar-refractivity contribution in [1.29, 1.82) is 0 Å². The lowest BCUT2D eigenvalue weighted by molar-refractivity contribution is -0.383. The van der Waals surface area contributed by atoms with E-state index >= 15 is 0 Å². The fraction of sp³-hybridized carbons (Fsp3) is 0.182. The van der Waals surface area contributed by atoms with Gasteiger partial charge in [-0.2, -0.15) is 0 Å². The quantitative estimate of drug-likeness (QED) is 0.460. The third kappa shape index (κ3) is 2.16. The largest absolute Gasteiger partial charge is 0.465 e. The molecule has 0 atom stereocenters. The third-order valence-electron chi connectivity index (χ3n) is 2.24. The van der Waals surface area contributed by atoms with Crippen molar-refractivity contribution in [3.63, 3.8) is 0 Å². The standard InChI is InChI=1S/C11H10N2O4/c1-16-7-17-10-5-4-9(13(14)15)8-3-2-6-12-11(8)10/h2-6H,7H2,1H3. The molecule has 88 valence electrons. The van der Waals surface area contributed by atoms with Crippen LogP contribution in [-0.4, -0.2) is 23.8 Å². The van der Waals surface area contributed by atoms with E-state index in [-0.39, 0.29) is 12.5 Å². The van der Waals surface area contributed by atoms with E-state index in [1.807, 2.05) is 0 Å². The van der Waals surface area contributed by atoms with Crippen LogP contribution in [0, 0.1) is 10.1 Å². The topological polar surface area (TPSA) is 74.5 Å². The molecule has 1 heterocycles. The minimum absolute atomic E-state index is 0.0119. The molecule has 6 heteroatoms. The SMILES string of the molecule is COCOc1ccc([N+](=O)[O-])c2cccnc12. The molecular formula is C11H10N2O4. The Kier molecular flexibility index (Phi) is 3.15. The fourth-order valence-corrected chi connectivity index (χ4v) is 1.53. The minimum Gasteiger partial charge on any atom is -0.465 e. The zero-order valence-corrected chi connectivity index (χ0v) is 9.12. The second-order valence-corrected chi connectivity index (χ2v) is 3.29. The number of hydrogen-bond acceptors (Lipinski definition) is 5. The lowest BCUT2D eigenvalue weighted by atomic mass is 10.1. The molecule has 0 unspecified atom stereocenters. The van der Waals surface area contributed by atoms with Gasteiger partial charge in [0, 0.05) is 19.4 Å². The summed E-state index contributed by atoms with van der Waals surface area (Å²) in [4.78, 5) is 14.5. The van der Waals surface area contributed by atoms with Gasteiger partial charge >= 0.3 is 0 Å². The molecule has 0 radical (unpaired) electrons. The highest BCUT2D eigenvalue weighted by atomic mass is 16.7. The highest BCUT2D eigenvalue weighted by Crippen LogP contribution is 2.31. The van der Waals surface area contributed by atoms with Gasteiger partial charge in [-0.3, -0.25) is 15.1 Å². The Labute approximate surface area is 96.9 Å². The number of nitrogens with zero attached hydrogens (tertiary/aromatic N) is 2. The highest BCUT2D eigenvalue weighted by Gasteiger charge is 2.15. The van der Waals surface area contributed by atoms with Gasteiger partial charge in [0.15, 0.2) is 6.79 Å². The Morgan fingerprint density at radius 3 is 2.94 bits per heavy atom. The lowest BCUT2D eigenvalue weighted by Gasteiger charge is -2.07. The van der Waals surface area contributed by atoms with Crippen LogP contribution in [0.1, 0.15) is 0 Å². The molecule has 2 aromatic rings. The molecule has 17 heavy (non-hydrogen) atoms. The van der Waals surface area contributed by atoms with Gasteiger partial charge in [-0.1, -0.05) is 0 Å². The Morgan fingerprint density at radius 2 is 2.24 bits per heavy atom. The molecule has 2 rings (SSSR count). The molecular weight excluding hydrogens is 224 g/mol. The number of hydrogen-bond donors (Lipinski definition) is 0. The van der Waals surface area contributed by atoms with Gasteiger partial charge in [0.25, 0.3) is 5.69 Å². The second-order valence-electron chi connectivity index (χ2n) is 3.29. The molecule has 0 bridgehead atoms. The van der Waals surface area contributed by atoms with Crippen molar-refractivity contribution in [1.82, 2.24) is 4.98 Å². The Morgan fingerprint density at radius 1 is 1.41 bits per heavy atom. The van der Waals surface area contributed by atoms with Crippen molar-refractivity contribution < 1.29 is 14.4 Å². The van der Waals surface area contributed by atoms with Crippen LogP contribution in [-0.2, 0) is 4.74 Å². The van der Waals surface area contributed by atoms with Crippen molar-refractivity contribution in [3.05, 3.63) is 40.6 Å². The van der Waals surface area contributed by atoms with Crippen molar-refractivity contribution in [2.24, 2.45) is 0 Å². The van der Waals surface area contributed by atoms with Crippen molar-refractivity contribution in [3.8, 4) is 5.75 Å². The third-order valence-corrected chi connectivity index (χ3v) is 2.24. The number of nitro groups is 1. The van der Waals surface area contributed by atoms with Gasteiger partial charge in [0.2, 0.25) is 0 Å². The summed E-state index contributed by atoms with van der Waals surface area (Å²) in [7, 11) is 1.50. The van der Waals surface area contributed by atoms with Crippen molar-refractivity contribution >= 4 is 16.6 Å². The van der Waals surface area contributed by atoms with E-state index in [0.717, 1.165) is 0 Å². The zero-order valence-electron chi connectivity index (χ0n) is 9.12. The van der Waals surface area contributed by atoms with Crippen molar-refractivity contribution in [2.75, 3.05) is 13.9 Å². The van der Waals surface area contributed by atoms with Crippen LogP contribution in [0.3, 0.4) is 0 Å². The predicted molar refractivity (Wildman–Crippen MR) is 60.9 cm³/mol. The van der Waals surface area contributed by atoms with Crippen LogP contribution in [0.5, 0.6) is 5.75 Å². The predicted octanol–water partition coefficient (Wildman–Crippen LogP) is 2.13. The van der Waals surface area contributed by atoms with Crippen LogP contribution < -0.4 is 4.74 Å². The first kappa shape index (κ1) is 11.3. The van der Waals surface area contributed by atoms with Crippen LogP contribution in [0.4, 0.5) is 5.69 Å². The first-order valence-electron chi connectivity index (χ1n) is 4.88. The van der Waals surface area contributed by atoms with E-state index < -0.39 is 4.92 Å². The molecule has 0 aliphatic heterocycles. The summed E-state index contributed by atoms with van der Waals surface area (Å²) < 4.78 is 10.1. The minimum atomic E-state index is -0.440. The van der Waals surface area contributed by atoms with Gasteiger partial charge in [-0.05, 0) is 18.2 Å². The molecule has 0 saturated heterocycles. The first-order valence-corrected chi connectivity index (χ1v) is 4.88. The molecule has 0 fully saturated rings. The van der Waals surface area contributed by atoms with E-state index in [4.69, 9.17) is 9.47 Å². The number of methoxy groups -OCH3 is 1. The normalized spacial score (nSPS) is 10.4. The summed E-state index contributed by atoms with van der Waals surface area (Å²) in [6.07, 6.45) is 1.56. The first-order chi connectivity index (χ1) is 8.24. The van der Waals surface area contributed by atoms with Gasteiger partial charge in [0.1, 0.15) is 11.3 Å². The summed E-state index contributed by atoms with van der Waals surface area (Å²) in [6, 6.07) is 6.21. The summed E-state index contributed by atoms with van der Waals surface area (Å²) in [5.41, 5.74) is 0.469. The molecule has 6 nitrogen and oxygen atoms in total. The van der Waals surface area contributed by atoms with E-state index in [1.165, 1.54) is 19.2 Å². The van der Waals surface area contributed by atoms with Crippen LogP contribution in [0.2, 0.25) is 0 Å². The number of nitro benzene ring substituents is 1. The number of fused-ring (bicyclic) bond motifs is 1. The van der Waals surface area contributed by atoms with Gasteiger partial charge in [-0.25, -0.2) is 0 Å². The molecule has 0 N–H and O–H groups in total. The van der Waals surface area contributed by atoms with Gasteiger partial charge in [-0.15, -0.1) is 0 Å². The zero-order chi connectivity index (χ0) is 12.3. The number of aromatic nitrogens is 1. The van der Waals surface area contributed by atoms with Gasteiger partial charge < -0.3 is 9.47 Å². The van der Waals surface area contributed by atoms with E-state index in [2.05, 4.69) is 4.98 Å². The number of non-ortho nitro benzene ring substituents is 1. The molecule has 0 amide bonds. The maximum Gasteiger partial charge on any atom is 0.279 e. The molecule has 1 aromatic heterocycles. The number of rotatable bonds is 4.